The van der Waals surface area contributed by atoms with Gasteiger partial charge in [-0.3, -0.25) is 4.79 Å². The molecule has 0 spiro atoms. The van der Waals surface area contributed by atoms with Crippen molar-refractivity contribution in [3.05, 3.63) is 44.5 Å². The molecule has 2 aromatic heterocycles. The summed E-state index contributed by atoms with van der Waals surface area (Å²) in [5, 5.41) is 8.44. The Kier molecular flexibility index (Phi) is 17.7. The summed E-state index contributed by atoms with van der Waals surface area (Å²) in [6.07, 6.45) is 5.96. The molecule has 0 aliphatic heterocycles. The molecule has 0 saturated heterocycles. The van der Waals surface area contributed by atoms with Gasteiger partial charge >= 0.3 is 35.5 Å². The minimum absolute atomic E-state index is 0. The van der Waals surface area contributed by atoms with E-state index in [0.717, 1.165) is 38.5 Å². The van der Waals surface area contributed by atoms with Gasteiger partial charge in [-0.25, -0.2) is 23.5 Å². The fourth-order valence-electron chi connectivity index (χ4n) is 3.30. The maximum absolute atomic E-state index is 13.7. The van der Waals surface area contributed by atoms with Crippen molar-refractivity contribution in [3.8, 4) is 0 Å². The maximum atomic E-state index is 13.7. The predicted octanol–water partition coefficient (Wildman–Crippen LogP) is 0.857. The molecule has 2 heterocycles. The second kappa shape index (κ2) is 17.3. The third-order valence-corrected chi connectivity index (χ3v) is 6.38. The molecule has 15 heteroatoms. The molecule has 4 rings (SSSR count). The molecular formula is C22H28Cl3F2N4NaO5. The second-order valence-electron chi connectivity index (χ2n) is 7.55. The summed E-state index contributed by atoms with van der Waals surface area (Å²) >= 11 is 10.9. The van der Waals surface area contributed by atoms with Crippen LogP contribution in [0.4, 0.5) is 20.2 Å². The first-order chi connectivity index (χ1) is 16.1. The largest absolute Gasteiger partial charge is 1.00 e. The van der Waals surface area contributed by atoms with Gasteiger partial charge in [-0.15, -0.1) is 0 Å². The van der Waals surface area contributed by atoms with Crippen molar-refractivity contribution in [1.82, 2.24) is 9.97 Å². The Morgan fingerprint density at radius 1 is 0.946 bits per heavy atom. The van der Waals surface area contributed by atoms with Crippen LogP contribution < -0.4 is 50.3 Å². The molecule has 0 bridgehead atoms. The topological polar surface area (TPSA) is 178 Å². The van der Waals surface area contributed by atoms with Crippen molar-refractivity contribution in [1.29, 1.82) is 0 Å². The zero-order valence-electron chi connectivity index (χ0n) is 18.5. The van der Waals surface area contributed by atoms with Crippen LogP contribution in [-0.4, -0.2) is 27.3 Å². The normalized spacial score (nSPS) is 13.9. The van der Waals surface area contributed by atoms with Crippen molar-refractivity contribution in [2.75, 3.05) is 11.5 Å². The van der Waals surface area contributed by atoms with Gasteiger partial charge in [0.25, 0.3) is 0 Å². The average molecular weight is 596 g/mol. The Labute approximate surface area is 250 Å². The van der Waals surface area contributed by atoms with Gasteiger partial charge in [0.2, 0.25) is 0 Å². The molecule has 2 saturated carbocycles. The van der Waals surface area contributed by atoms with Crippen LogP contribution >= 0.6 is 23.2 Å². The number of pyridine rings is 2. The van der Waals surface area contributed by atoms with Gasteiger partial charge < -0.3 is 25.9 Å². The van der Waals surface area contributed by atoms with Gasteiger partial charge in [0, 0.05) is 11.8 Å². The van der Waals surface area contributed by atoms with Crippen LogP contribution in [0.3, 0.4) is 0 Å². The number of aromatic carboxylic acids is 1. The molecule has 2 aliphatic carbocycles. The number of aldehydes is 1. The van der Waals surface area contributed by atoms with E-state index in [9.17, 15) is 18.4 Å². The SMILES string of the molecule is C.C.Nc1c(F)c(C2CCC2)nc(C(=O)O)c1Cl.Nc1c(F)c(C2CCC2)nc(C=O)c1Cl.[Na+].[O-][Cl+][O-]. The Morgan fingerprint density at radius 3 is 1.65 bits per heavy atom. The summed E-state index contributed by atoms with van der Waals surface area (Å²) in [5.41, 5.74) is 10.5. The van der Waals surface area contributed by atoms with Gasteiger partial charge in [0.15, 0.2) is 23.6 Å². The van der Waals surface area contributed by atoms with Crippen LogP contribution in [0.25, 0.3) is 0 Å². The monoisotopic (exact) mass is 594 g/mol. The third kappa shape index (κ3) is 8.86. The molecule has 202 valence electrons. The number of carboxylic acids is 1. The van der Waals surface area contributed by atoms with E-state index < -0.39 is 28.9 Å². The maximum Gasteiger partial charge on any atom is 1.00 e. The van der Waals surface area contributed by atoms with Gasteiger partial charge in [-0.05, 0) is 25.7 Å². The van der Waals surface area contributed by atoms with Crippen molar-refractivity contribution in [2.45, 2.75) is 65.2 Å². The number of nitrogen functional groups attached to an aromatic ring is 2. The Morgan fingerprint density at radius 2 is 1.32 bits per heavy atom. The van der Waals surface area contributed by atoms with Crippen LogP contribution in [0.5, 0.6) is 0 Å². The van der Waals surface area contributed by atoms with Gasteiger partial charge in [-0.1, -0.05) is 50.9 Å². The standard InChI is InChI=1S/C10H10ClFN2O2.C10H10ClFN2O.2CH4.ClO2.Na/c11-5-7(13)6(12)8(4-2-1-3-4)14-9(5)10(15)16;11-7-6(4-15)14-10(5-2-1-3-5)8(12)9(7)13;;;2-1-3;/h4H,1-3H2,(H2,13,14)(H,15,16);4-5H,1-3H2,(H2,13,14);2*1H4;;/q;;;;-1;+1. The molecule has 0 amide bonds. The molecule has 0 atom stereocenters. The van der Waals surface area contributed by atoms with Crippen LogP contribution in [-0.2, 0) is 0 Å². The fourth-order valence-corrected chi connectivity index (χ4v) is 3.68. The van der Waals surface area contributed by atoms with E-state index in [2.05, 4.69) is 9.97 Å². The number of rotatable bonds is 4. The first-order valence-electron chi connectivity index (χ1n) is 9.95. The summed E-state index contributed by atoms with van der Waals surface area (Å²) in [4.78, 5) is 29.2. The first-order valence-corrected chi connectivity index (χ1v) is 11.3. The van der Waals surface area contributed by atoms with E-state index in [0.29, 0.717) is 6.29 Å². The number of halogens is 5. The predicted molar refractivity (Wildman–Crippen MR) is 126 cm³/mol. The van der Waals surface area contributed by atoms with Crippen molar-refractivity contribution in [2.24, 2.45) is 0 Å². The molecule has 37 heavy (non-hydrogen) atoms. The van der Waals surface area contributed by atoms with E-state index in [4.69, 9.17) is 49.1 Å². The molecule has 0 unspecified atom stereocenters. The summed E-state index contributed by atoms with van der Waals surface area (Å²) < 4.78 is 43.8. The average Bonchev–Trinajstić information content (AvgIpc) is 2.72. The van der Waals surface area contributed by atoms with E-state index in [1.165, 1.54) is 0 Å². The smallest absolute Gasteiger partial charge is 0.544 e. The Balaban J connectivity index is 0. The van der Waals surface area contributed by atoms with Crippen molar-refractivity contribution < 1.29 is 73.7 Å². The van der Waals surface area contributed by atoms with E-state index in [1.54, 1.807) is 0 Å². The molecule has 2 aromatic rings. The van der Waals surface area contributed by atoms with Crippen LogP contribution in [0.15, 0.2) is 0 Å². The van der Waals surface area contributed by atoms with Crippen LogP contribution in [0.2, 0.25) is 10.0 Å². The summed E-state index contributed by atoms with van der Waals surface area (Å²) in [6.45, 7) is 0. The molecule has 2 aliphatic rings. The number of carboxylic acid groups (broad SMARTS) is 1. The molecule has 9 nitrogen and oxygen atoms in total. The minimum Gasteiger partial charge on any atom is -0.544 e. The number of nitrogens with zero attached hydrogens (tertiary/aromatic N) is 2. The quantitative estimate of drug-likeness (QED) is 0.341. The minimum atomic E-state index is -1.29. The molecule has 0 radical (unpaired) electrons. The fraction of sp³-hybridized carbons (Fsp3) is 0.455. The Hall–Kier alpha value is -1.31. The van der Waals surface area contributed by atoms with Gasteiger partial charge in [-0.2, -0.15) is 0 Å². The molecule has 5 N–H and O–H groups in total. The second-order valence-corrected chi connectivity index (χ2v) is 8.43. The van der Waals surface area contributed by atoms with E-state index in [-0.39, 0.29) is 100 Å². The molecular weight excluding hydrogens is 568 g/mol. The van der Waals surface area contributed by atoms with Gasteiger partial charge in [0.05, 0.1) is 44.1 Å². The number of carbonyl (C=O) groups excluding carboxylic acids is 1. The van der Waals surface area contributed by atoms with Crippen molar-refractivity contribution >= 4 is 46.8 Å². The Bertz CT molecular complexity index is 1080. The van der Waals surface area contributed by atoms with E-state index >= 15 is 0 Å². The number of nitrogens with two attached hydrogens (primary N) is 2. The first kappa shape index (κ1) is 37.8. The number of carbonyl (C=O) groups is 2. The van der Waals surface area contributed by atoms with Crippen LogP contribution in [0, 0.1) is 23.0 Å². The zero-order chi connectivity index (χ0) is 25.6. The molecule has 2 fully saturated rings. The summed E-state index contributed by atoms with van der Waals surface area (Å²) in [7, 11) is 0. The number of hydrogen-bond donors (Lipinski definition) is 3. The summed E-state index contributed by atoms with van der Waals surface area (Å²) in [6, 6.07) is 0. The number of hydrogen-bond acceptors (Lipinski definition) is 8. The van der Waals surface area contributed by atoms with Crippen molar-refractivity contribution in [3.63, 3.8) is 0 Å². The third-order valence-electron chi connectivity index (χ3n) is 5.60. The number of aromatic nitrogens is 2. The zero-order valence-corrected chi connectivity index (χ0v) is 22.8. The van der Waals surface area contributed by atoms with Gasteiger partial charge in [0.1, 0.15) is 5.69 Å². The number of anilines is 2. The van der Waals surface area contributed by atoms with Crippen LogP contribution in [0.1, 0.15) is 97.6 Å². The van der Waals surface area contributed by atoms with E-state index in [1.807, 2.05) is 0 Å². The molecule has 0 aromatic carbocycles. The summed E-state index contributed by atoms with van der Waals surface area (Å²) in [5.74, 6) is -2.49.